The first-order chi connectivity index (χ1) is 9.31. The molecule has 0 saturated heterocycles. The zero-order valence-electron chi connectivity index (χ0n) is 12.3. The standard InChI is InChI=1S/C16H20O4/c1-16(2,3)20-15(18)13-9-12(13)10-5-7-11(8-6-10)14(17)19-4/h5-8,12-13H,9H2,1-4H3/t12-,13+/m0/s1. The van der Waals surface area contributed by atoms with Crippen LogP contribution in [0.2, 0.25) is 0 Å². The molecule has 4 nitrogen and oxygen atoms in total. The molecule has 1 saturated carbocycles. The van der Waals surface area contributed by atoms with Crippen molar-refractivity contribution in [1.82, 2.24) is 0 Å². The van der Waals surface area contributed by atoms with Crippen LogP contribution in [0.1, 0.15) is 49.0 Å². The maximum Gasteiger partial charge on any atom is 0.337 e. The summed E-state index contributed by atoms with van der Waals surface area (Å²) >= 11 is 0. The van der Waals surface area contributed by atoms with Crippen LogP contribution in [-0.2, 0) is 14.3 Å². The average Bonchev–Trinajstić information content (AvgIpc) is 3.16. The molecule has 2 atom stereocenters. The van der Waals surface area contributed by atoms with Gasteiger partial charge in [-0.25, -0.2) is 4.79 Å². The van der Waals surface area contributed by atoms with E-state index in [2.05, 4.69) is 4.74 Å². The first-order valence-electron chi connectivity index (χ1n) is 6.73. The number of hydrogen-bond donors (Lipinski definition) is 0. The molecule has 0 unspecified atom stereocenters. The molecule has 1 aromatic rings. The fourth-order valence-electron chi connectivity index (χ4n) is 2.19. The van der Waals surface area contributed by atoms with E-state index in [-0.39, 0.29) is 23.8 Å². The van der Waals surface area contributed by atoms with E-state index in [1.807, 2.05) is 32.9 Å². The number of carbonyl (C=O) groups is 2. The molecule has 0 aliphatic heterocycles. The van der Waals surface area contributed by atoms with Crippen molar-refractivity contribution in [1.29, 1.82) is 0 Å². The van der Waals surface area contributed by atoms with Crippen molar-refractivity contribution in [3.05, 3.63) is 35.4 Å². The molecule has 1 aromatic carbocycles. The number of rotatable bonds is 3. The fraction of sp³-hybridized carbons (Fsp3) is 0.500. The molecular formula is C16H20O4. The van der Waals surface area contributed by atoms with Crippen LogP contribution in [0.3, 0.4) is 0 Å². The Balaban J connectivity index is 1.98. The quantitative estimate of drug-likeness (QED) is 0.796. The second-order valence-electron chi connectivity index (χ2n) is 6.10. The molecule has 0 bridgehead atoms. The fourth-order valence-corrected chi connectivity index (χ4v) is 2.19. The predicted molar refractivity (Wildman–Crippen MR) is 74.5 cm³/mol. The maximum atomic E-state index is 11.9. The van der Waals surface area contributed by atoms with Gasteiger partial charge < -0.3 is 9.47 Å². The lowest BCUT2D eigenvalue weighted by atomic mass is 10.1. The number of carbonyl (C=O) groups excluding carboxylic acids is 2. The minimum Gasteiger partial charge on any atom is -0.465 e. The highest BCUT2D eigenvalue weighted by Crippen LogP contribution is 2.48. The van der Waals surface area contributed by atoms with Crippen molar-refractivity contribution in [3.8, 4) is 0 Å². The SMILES string of the molecule is COC(=O)c1ccc([C@@H]2C[C@H]2C(=O)OC(C)(C)C)cc1. The first kappa shape index (κ1) is 14.6. The van der Waals surface area contributed by atoms with Gasteiger partial charge in [0.15, 0.2) is 0 Å². The van der Waals surface area contributed by atoms with E-state index in [9.17, 15) is 9.59 Å². The van der Waals surface area contributed by atoms with Crippen LogP contribution in [0.15, 0.2) is 24.3 Å². The Hall–Kier alpha value is -1.84. The summed E-state index contributed by atoms with van der Waals surface area (Å²) in [5.74, 6) is -0.342. The minimum atomic E-state index is -0.445. The van der Waals surface area contributed by atoms with Crippen LogP contribution in [0, 0.1) is 5.92 Å². The largest absolute Gasteiger partial charge is 0.465 e. The van der Waals surface area contributed by atoms with E-state index < -0.39 is 5.60 Å². The Labute approximate surface area is 119 Å². The van der Waals surface area contributed by atoms with Crippen LogP contribution in [0.4, 0.5) is 0 Å². The average molecular weight is 276 g/mol. The summed E-state index contributed by atoms with van der Waals surface area (Å²) in [5, 5.41) is 0. The molecule has 0 heterocycles. The number of benzene rings is 1. The molecular weight excluding hydrogens is 256 g/mol. The molecule has 1 fully saturated rings. The van der Waals surface area contributed by atoms with E-state index in [0.29, 0.717) is 5.56 Å². The summed E-state index contributed by atoms with van der Waals surface area (Å²) < 4.78 is 10.0. The van der Waals surface area contributed by atoms with Crippen LogP contribution >= 0.6 is 0 Å². The van der Waals surface area contributed by atoms with Crippen LogP contribution < -0.4 is 0 Å². The molecule has 108 valence electrons. The molecule has 0 aromatic heterocycles. The predicted octanol–water partition coefficient (Wildman–Crippen LogP) is 2.92. The van der Waals surface area contributed by atoms with E-state index in [0.717, 1.165) is 12.0 Å². The Bertz CT molecular complexity index is 510. The molecule has 4 heteroatoms. The van der Waals surface area contributed by atoms with E-state index in [1.54, 1.807) is 12.1 Å². The number of ether oxygens (including phenoxy) is 2. The monoisotopic (exact) mass is 276 g/mol. The highest BCUT2D eigenvalue weighted by molar-refractivity contribution is 5.89. The smallest absolute Gasteiger partial charge is 0.337 e. The molecule has 1 aliphatic rings. The minimum absolute atomic E-state index is 0.0572. The second-order valence-corrected chi connectivity index (χ2v) is 6.10. The molecule has 0 radical (unpaired) electrons. The Morgan fingerprint density at radius 2 is 1.75 bits per heavy atom. The third kappa shape index (κ3) is 3.38. The van der Waals surface area contributed by atoms with Crippen molar-refractivity contribution in [3.63, 3.8) is 0 Å². The van der Waals surface area contributed by atoms with Gasteiger partial charge in [0.2, 0.25) is 0 Å². The van der Waals surface area contributed by atoms with Crippen molar-refractivity contribution >= 4 is 11.9 Å². The Morgan fingerprint density at radius 1 is 1.15 bits per heavy atom. The van der Waals surface area contributed by atoms with Gasteiger partial charge in [-0.05, 0) is 50.8 Å². The zero-order chi connectivity index (χ0) is 14.9. The van der Waals surface area contributed by atoms with Gasteiger partial charge in [0, 0.05) is 0 Å². The summed E-state index contributed by atoms with van der Waals surface area (Å²) in [5.41, 5.74) is 1.14. The molecule has 0 N–H and O–H groups in total. The van der Waals surface area contributed by atoms with Gasteiger partial charge >= 0.3 is 11.9 Å². The van der Waals surface area contributed by atoms with Crippen molar-refractivity contribution in [2.24, 2.45) is 5.92 Å². The van der Waals surface area contributed by atoms with E-state index >= 15 is 0 Å². The maximum absolute atomic E-state index is 11.9. The highest BCUT2D eigenvalue weighted by Gasteiger charge is 2.46. The topological polar surface area (TPSA) is 52.6 Å². The Kier molecular flexibility index (Phi) is 3.84. The van der Waals surface area contributed by atoms with Gasteiger partial charge in [-0.2, -0.15) is 0 Å². The van der Waals surface area contributed by atoms with E-state index in [1.165, 1.54) is 7.11 Å². The molecule has 0 spiro atoms. The lowest BCUT2D eigenvalue weighted by molar-refractivity contribution is -0.156. The third-order valence-corrected chi connectivity index (χ3v) is 3.26. The van der Waals surface area contributed by atoms with Gasteiger partial charge in [0.1, 0.15) is 5.60 Å². The summed E-state index contributed by atoms with van der Waals surface area (Å²) in [4.78, 5) is 23.3. The molecule has 0 amide bonds. The summed E-state index contributed by atoms with van der Waals surface area (Å²) in [7, 11) is 1.36. The lowest BCUT2D eigenvalue weighted by Gasteiger charge is -2.19. The molecule has 2 rings (SSSR count). The van der Waals surface area contributed by atoms with Gasteiger partial charge in [0.05, 0.1) is 18.6 Å². The van der Waals surface area contributed by atoms with Crippen molar-refractivity contribution < 1.29 is 19.1 Å². The third-order valence-electron chi connectivity index (χ3n) is 3.26. The van der Waals surface area contributed by atoms with Gasteiger partial charge in [-0.15, -0.1) is 0 Å². The van der Waals surface area contributed by atoms with Gasteiger partial charge in [-0.1, -0.05) is 12.1 Å². The molecule has 1 aliphatic carbocycles. The normalized spacial score (nSPS) is 21.2. The molecule has 20 heavy (non-hydrogen) atoms. The van der Waals surface area contributed by atoms with Crippen molar-refractivity contribution in [2.45, 2.75) is 38.7 Å². The highest BCUT2D eigenvalue weighted by atomic mass is 16.6. The summed E-state index contributed by atoms with van der Waals surface area (Å²) in [6.45, 7) is 5.61. The number of esters is 2. The van der Waals surface area contributed by atoms with Crippen molar-refractivity contribution in [2.75, 3.05) is 7.11 Å². The van der Waals surface area contributed by atoms with Crippen LogP contribution in [0.5, 0.6) is 0 Å². The number of methoxy groups -OCH3 is 1. The van der Waals surface area contributed by atoms with Gasteiger partial charge in [-0.3, -0.25) is 4.79 Å². The van der Waals surface area contributed by atoms with Crippen LogP contribution in [0.25, 0.3) is 0 Å². The summed E-state index contributed by atoms with van der Waals surface area (Å²) in [6.07, 6.45) is 0.812. The second kappa shape index (κ2) is 5.27. The summed E-state index contributed by atoms with van der Waals surface area (Å²) in [6, 6.07) is 7.21. The first-order valence-corrected chi connectivity index (χ1v) is 6.73. The number of hydrogen-bond acceptors (Lipinski definition) is 4. The Morgan fingerprint density at radius 3 is 2.25 bits per heavy atom. The lowest BCUT2D eigenvalue weighted by Crippen LogP contribution is -2.25. The van der Waals surface area contributed by atoms with Gasteiger partial charge in [0.25, 0.3) is 0 Å². The zero-order valence-corrected chi connectivity index (χ0v) is 12.3. The van der Waals surface area contributed by atoms with Crippen LogP contribution in [-0.4, -0.2) is 24.6 Å². The van der Waals surface area contributed by atoms with E-state index in [4.69, 9.17) is 4.74 Å².